The van der Waals surface area contributed by atoms with Gasteiger partial charge >= 0.3 is 0 Å². The molecule has 2 aromatic carbocycles. The van der Waals surface area contributed by atoms with E-state index in [0.717, 1.165) is 0 Å². The third kappa shape index (κ3) is 4.60. The van der Waals surface area contributed by atoms with E-state index in [1.165, 1.54) is 34.6 Å². The number of rotatable bonds is 7. The minimum Gasteiger partial charge on any atom is -0.348 e. The van der Waals surface area contributed by atoms with E-state index in [0.29, 0.717) is 18.7 Å². The largest absolute Gasteiger partial charge is 0.348 e. The van der Waals surface area contributed by atoms with E-state index in [-0.39, 0.29) is 22.0 Å². The number of amides is 1. The summed E-state index contributed by atoms with van der Waals surface area (Å²) in [6, 6.07) is 9.96. The zero-order valence-electron chi connectivity index (χ0n) is 14.5. The zero-order chi connectivity index (χ0) is 19.3. The van der Waals surface area contributed by atoms with Crippen molar-refractivity contribution in [3.63, 3.8) is 0 Å². The van der Waals surface area contributed by atoms with Gasteiger partial charge in [0, 0.05) is 25.2 Å². The van der Waals surface area contributed by atoms with E-state index in [1.54, 1.807) is 26.0 Å². The molecule has 0 saturated heterocycles. The van der Waals surface area contributed by atoms with Gasteiger partial charge in [-0.1, -0.05) is 37.6 Å². The maximum Gasteiger partial charge on any atom is 0.251 e. The van der Waals surface area contributed by atoms with Gasteiger partial charge in [0.2, 0.25) is 10.0 Å². The number of benzene rings is 2. The Bertz CT molecular complexity index is 899. The molecule has 5 nitrogen and oxygen atoms in total. The van der Waals surface area contributed by atoms with Crippen LogP contribution in [0.3, 0.4) is 0 Å². The molecule has 140 valence electrons. The summed E-state index contributed by atoms with van der Waals surface area (Å²) in [5, 5.41) is 2.69. The van der Waals surface area contributed by atoms with Crippen LogP contribution in [0.4, 0.5) is 4.39 Å². The second kappa shape index (κ2) is 8.62. The summed E-state index contributed by atoms with van der Waals surface area (Å²) in [7, 11) is -3.79. The van der Waals surface area contributed by atoms with Crippen LogP contribution < -0.4 is 5.32 Å². The lowest BCUT2D eigenvalue weighted by molar-refractivity contribution is 0.0950. The molecule has 0 heterocycles. The molecule has 0 aliphatic rings. The van der Waals surface area contributed by atoms with Crippen molar-refractivity contribution in [1.29, 1.82) is 0 Å². The second-order valence-corrected chi connectivity index (χ2v) is 7.86. The van der Waals surface area contributed by atoms with Gasteiger partial charge in [0.25, 0.3) is 5.91 Å². The van der Waals surface area contributed by atoms with Crippen molar-refractivity contribution < 1.29 is 17.6 Å². The van der Waals surface area contributed by atoms with Crippen molar-refractivity contribution in [2.75, 3.05) is 13.1 Å². The molecule has 2 rings (SSSR count). The number of nitrogens with zero attached hydrogens (tertiary/aromatic N) is 1. The molecule has 0 bridgehead atoms. The van der Waals surface area contributed by atoms with Crippen molar-refractivity contribution in [3.8, 4) is 0 Å². The Kier molecular flexibility index (Phi) is 6.75. The van der Waals surface area contributed by atoms with Crippen LogP contribution >= 0.6 is 11.6 Å². The Morgan fingerprint density at radius 3 is 2.46 bits per heavy atom. The molecule has 1 amide bonds. The van der Waals surface area contributed by atoms with E-state index < -0.39 is 21.7 Å². The van der Waals surface area contributed by atoms with Crippen LogP contribution in [0.5, 0.6) is 0 Å². The van der Waals surface area contributed by atoms with E-state index in [4.69, 9.17) is 11.6 Å². The number of halogens is 2. The number of nitrogens with one attached hydrogen (secondary N) is 1. The molecule has 0 saturated carbocycles. The first kappa shape index (κ1) is 20.4. The monoisotopic (exact) mass is 398 g/mol. The lowest BCUT2D eigenvalue weighted by Crippen LogP contribution is -2.31. The summed E-state index contributed by atoms with van der Waals surface area (Å²) >= 11 is 6.05. The summed E-state index contributed by atoms with van der Waals surface area (Å²) in [6.45, 7) is 4.17. The van der Waals surface area contributed by atoms with Gasteiger partial charge < -0.3 is 5.32 Å². The molecule has 2 aromatic rings. The molecule has 26 heavy (non-hydrogen) atoms. The first-order valence-corrected chi connectivity index (χ1v) is 9.93. The van der Waals surface area contributed by atoms with Crippen molar-refractivity contribution in [2.45, 2.75) is 25.3 Å². The number of hydrogen-bond acceptors (Lipinski definition) is 3. The minimum absolute atomic E-state index is 0.0542. The van der Waals surface area contributed by atoms with Crippen molar-refractivity contribution >= 4 is 27.5 Å². The molecule has 0 aromatic heterocycles. The SMILES string of the molecule is CCN(CC)S(=O)(=O)c1cc(C(=O)NCc2cccc(F)c2)ccc1Cl. The fourth-order valence-corrected chi connectivity index (χ4v) is 4.43. The van der Waals surface area contributed by atoms with Crippen LogP contribution in [0.15, 0.2) is 47.4 Å². The van der Waals surface area contributed by atoms with Gasteiger partial charge in [-0.25, -0.2) is 12.8 Å². The normalized spacial score (nSPS) is 11.6. The third-order valence-corrected chi connectivity index (χ3v) is 6.39. The Morgan fingerprint density at radius 2 is 1.85 bits per heavy atom. The molecule has 0 atom stereocenters. The highest BCUT2D eigenvalue weighted by Crippen LogP contribution is 2.26. The molecular formula is C18H20ClFN2O3S. The number of sulfonamides is 1. The van der Waals surface area contributed by atoms with Gasteiger partial charge in [0.1, 0.15) is 10.7 Å². The highest BCUT2D eigenvalue weighted by atomic mass is 35.5. The Labute approximate surface area is 157 Å². The van der Waals surface area contributed by atoms with Crippen LogP contribution in [0.1, 0.15) is 29.8 Å². The van der Waals surface area contributed by atoms with Crippen LogP contribution in [0, 0.1) is 5.82 Å². The van der Waals surface area contributed by atoms with E-state index >= 15 is 0 Å². The molecule has 1 N–H and O–H groups in total. The minimum atomic E-state index is -3.79. The standard InChI is InChI=1S/C18H20ClFN2O3S/c1-3-22(4-2)26(24,25)17-11-14(8-9-16(17)19)18(23)21-12-13-6-5-7-15(20)10-13/h5-11H,3-4,12H2,1-2H3,(H,21,23). The molecule has 0 radical (unpaired) electrons. The van der Waals surface area contributed by atoms with Gasteiger partial charge in [-0.3, -0.25) is 4.79 Å². The second-order valence-electron chi connectivity index (χ2n) is 5.55. The van der Waals surface area contributed by atoms with Crippen LogP contribution in [0.25, 0.3) is 0 Å². The van der Waals surface area contributed by atoms with Gasteiger partial charge in [-0.15, -0.1) is 0 Å². The Hall–Kier alpha value is -1.96. The maximum absolute atomic E-state index is 13.2. The smallest absolute Gasteiger partial charge is 0.251 e. The highest BCUT2D eigenvalue weighted by molar-refractivity contribution is 7.89. The average Bonchev–Trinajstić information content (AvgIpc) is 2.60. The molecule has 0 aliphatic heterocycles. The molecule has 0 spiro atoms. The van der Waals surface area contributed by atoms with Crippen LogP contribution in [-0.4, -0.2) is 31.7 Å². The highest BCUT2D eigenvalue weighted by Gasteiger charge is 2.25. The Morgan fingerprint density at radius 1 is 1.15 bits per heavy atom. The molecule has 0 unspecified atom stereocenters. The molecule has 0 aliphatic carbocycles. The van der Waals surface area contributed by atoms with Crippen LogP contribution in [-0.2, 0) is 16.6 Å². The summed E-state index contributed by atoms with van der Waals surface area (Å²) in [5.41, 5.74) is 0.764. The van der Waals surface area contributed by atoms with E-state index in [9.17, 15) is 17.6 Å². The van der Waals surface area contributed by atoms with Crippen LogP contribution in [0.2, 0.25) is 5.02 Å². The number of carbonyl (C=O) groups excluding carboxylic acids is 1. The molecule has 0 fully saturated rings. The fraction of sp³-hybridized carbons (Fsp3) is 0.278. The van der Waals surface area contributed by atoms with E-state index in [1.807, 2.05) is 0 Å². The quantitative estimate of drug-likeness (QED) is 0.776. The number of hydrogen-bond donors (Lipinski definition) is 1. The average molecular weight is 399 g/mol. The maximum atomic E-state index is 13.2. The first-order valence-electron chi connectivity index (χ1n) is 8.12. The van der Waals surface area contributed by atoms with Crippen molar-refractivity contribution in [2.24, 2.45) is 0 Å². The Balaban J connectivity index is 2.24. The lowest BCUT2D eigenvalue weighted by Gasteiger charge is -2.19. The van der Waals surface area contributed by atoms with Gasteiger partial charge in [-0.2, -0.15) is 4.31 Å². The predicted molar refractivity (Wildman–Crippen MR) is 99.1 cm³/mol. The van der Waals surface area contributed by atoms with Gasteiger partial charge in [-0.05, 0) is 35.9 Å². The lowest BCUT2D eigenvalue weighted by atomic mass is 10.2. The summed E-state index contributed by atoms with van der Waals surface area (Å²) in [5.74, 6) is -0.863. The zero-order valence-corrected chi connectivity index (χ0v) is 16.1. The van der Waals surface area contributed by atoms with Crippen molar-refractivity contribution in [1.82, 2.24) is 9.62 Å². The first-order chi connectivity index (χ1) is 12.3. The predicted octanol–water partition coefficient (Wildman–Crippen LogP) is 3.44. The van der Waals surface area contributed by atoms with Crippen molar-refractivity contribution in [3.05, 3.63) is 64.4 Å². The fourth-order valence-electron chi connectivity index (χ4n) is 2.48. The number of carbonyl (C=O) groups is 1. The third-order valence-electron chi connectivity index (χ3n) is 3.86. The molecule has 8 heteroatoms. The summed E-state index contributed by atoms with van der Waals surface area (Å²) < 4.78 is 39.8. The summed E-state index contributed by atoms with van der Waals surface area (Å²) in [6.07, 6.45) is 0. The van der Waals surface area contributed by atoms with E-state index in [2.05, 4.69) is 5.32 Å². The van der Waals surface area contributed by atoms with Gasteiger partial charge in [0.05, 0.1) is 5.02 Å². The summed E-state index contributed by atoms with van der Waals surface area (Å²) in [4.78, 5) is 12.2. The van der Waals surface area contributed by atoms with Gasteiger partial charge in [0.15, 0.2) is 0 Å². The topological polar surface area (TPSA) is 66.5 Å². The molecular weight excluding hydrogens is 379 g/mol.